The first-order valence-electron chi connectivity index (χ1n) is 15.1. The molecule has 2 aliphatic carbocycles. The molecule has 2 fully saturated rings. The highest BCUT2D eigenvalue weighted by Gasteiger charge is 2.80. The molecule has 2 saturated carbocycles. The van der Waals surface area contributed by atoms with E-state index < -0.39 is 39.1 Å². The molecule has 222 valence electrons. The van der Waals surface area contributed by atoms with Crippen LogP contribution in [0.2, 0.25) is 0 Å². The zero-order chi connectivity index (χ0) is 30.8. The van der Waals surface area contributed by atoms with Crippen LogP contribution in [0.15, 0.2) is 46.6 Å². The third kappa shape index (κ3) is 5.57. The molecule has 0 aromatic rings. The van der Waals surface area contributed by atoms with Crippen LogP contribution in [-0.2, 0) is 19.2 Å². The fourth-order valence-electron chi connectivity index (χ4n) is 7.22. The van der Waals surface area contributed by atoms with E-state index in [-0.39, 0.29) is 30.3 Å². The van der Waals surface area contributed by atoms with Crippen molar-refractivity contribution in [1.82, 2.24) is 0 Å². The SMILES string of the molecule is CC(C)=CCC[C@]1(C)[C@@H](CC=C(C)C)C[C@]2(CC=C(C)C)C(=O)C(C)(CC=C(C)C)C(=O)[C@@]1(C(=O)C(C)C)C2=O. The lowest BCUT2D eigenvalue weighted by molar-refractivity contribution is -0.195. The zero-order valence-corrected chi connectivity index (χ0v) is 27.3. The van der Waals surface area contributed by atoms with Crippen LogP contribution in [0.3, 0.4) is 0 Å². The van der Waals surface area contributed by atoms with E-state index in [0.717, 1.165) is 22.3 Å². The lowest BCUT2D eigenvalue weighted by Crippen LogP contribution is -2.77. The smallest absolute Gasteiger partial charge is 0.168 e. The van der Waals surface area contributed by atoms with Gasteiger partial charge in [0.05, 0.1) is 10.8 Å². The average Bonchev–Trinajstić information content (AvgIpc) is 2.84. The van der Waals surface area contributed by atoms with Gasteiger partial charge in [-0.1, -0.05) is 67.4 Å². The molecule has 4 nitrogen and oxygen atoms in total. The molecule has 4 heteroatoms. The molecule has 2 bridgehead atoms. The Morgan fingerprint density at radius 3 is 1.73 bits per heavy atom. The Labute approximate surface area is 243 Å². The minimum atomic E-state index is -1.87. The summed E-state index contributed by atoms with van der Waals surface area (Å²) in [5, 5.41) is 0. The first kappa shape index (κ1) is 33.8. The Kier molecular flexibility index (Phi) is 10.4. The van der Waals surface area contributed by atoms with Crippen molar-refractivity contribution >= 4 is 23.1 Å². The van der Waals surface area contributed by atoms with Crippen molar-refractivity contribution in [3.63, 3.8) is 0 Å². The molecule has 5 atom stereocenters. The van der Waals surface area contributed by atoms with Crippen molar-refractivity contribution in [2.45, 2.75) is 122 Å². The summed E-state index contributed by atoms with van der Waals surface area (Å²) >= 11 is 0. The van der Waals surface area contributed by atoms with Gasteiger partial charge in [-0.25, -0.2) is 0 Å². The average molecular weight is 551 g/mol. The van der Waals surface area contributed by atoms with E-state index in [2.05, 4.69) is 12.2 Å². The van der Waals surface area contributed by atoms with Crippen molar-refractivity contribution in [3.05, 3.63) is 46.6 Å². The number of carbonyl (C=O) groups is 4. The van der Waals surface area contributed by atoms with Crippen LogP contribution in [0.4, 0.5) is 0 Å². The van der Waals surface area contributed by atoms with Gasteiger partial charge in [0.1, 0.15) is 0 Å². The molecule has 2 aliphatic rings. The third-order valence-electron chi connectivity index (χ3n) is 9.60. The van der Waals surface area contributed by atoms with Crippen LogP contribution in [0.5, 0.6) is 0 Å². The predicted molar refractivity (Wildman–Crippen MR) is 165 cm³/mol. The van der Waals surface area contributed by atoms with E-state index in [4.69, 9.17) is 0 Å². The van der Waals surface area contributed by atoms with Crippen LogP contribution in [0.25, 0.3) is 0 Å². The number of hydrogen-bond acceptors (Lipinski definition) is 4. The minimum absolute atomic E-state index is 0.181. The highest BCUT2D eigenvalue weighted by molar-refractivity contribution is 6.40. The number of hydrogen-bond donors (Lipinski definition) is 0. The number of ketones is 4. The van der Waals surface area contributed by atoms with Crippen LogP contribution >= 0.6 is 0 Å². The highest BCUT2D eigenvalue weighted by atomic mass is 16.2. The molecule has 0 spiro atoms. The van der Waals surface area contributed by atoms with Crippen LogP contribution in [0, 0.1) is 33.5 Å². The maximum absolute atomic E-state index is 15.1. The number of allylic oxidation sites excluding steroid dienone is 8. The Bertz CT molecular complexity index is 1150. The van der Waals surface area contributed by atoms with E-state index in [1.54, 1.807) is 20.8 Å². The minimum Gasteiger partial charge on any atom is -0.298 e. The van der Waals surface area contributed by atoms with Gasteiger partial charge in [-0.15, -0.1) is 0 Å². The summed E-state index contributed by atoms with van der Waals surface area (Å²) in [4.78, 5) is 59.6. The highest BCUT2D eigenvalue weighted by Crippen LogP contribution is 2.68. The van der Waals surface area contributed by atoms with Crippen molar-refractivity contribution in [2.75, 3.05) is 0 Å². The Hall–Kier alpha value is -2.36. The van der Waals surface area contributed by atoms with Crippen molar-refractivity contribution < 1.29 is 19.2 Å². The van der Waals surface area contributed by atoms with Gasteiger partial charge in [0.2, 0.25) is 0 Å². The summed E-state index contributed by atoms with van der Waals surface area (Å²) in [5.41, 5.74) is -1.35. The fourth-order valence-corrected chi connectivity index (χ4v) is 7.22. The standard InChI is InChI=1S/C36H54O4/c1-23(2)14-13-19-34(12)28(16-15-24(3)4)22-35(21-18-26(7)8)30(38)33(11,20-17-25(5)6)31(39)36(34,32(35)40)29(37)27(9)10/h14-15,17-18,27-28H,13,16,19-22H2,1-12H3/t28-,33?,34+,35+,36-/m0/s1. The van der Waals surface area contributed by atoms with Gasteiger partial charge in [-0.3, -0.25) is 19.2 Å². The summed E-state index contributed by atoms with van der Waals surface area (Å²) in [6.07, 6.45) is 10.8. The second kappa shape index (κ2) is 12.2. The maximum atomic E-state index is 15.1. The van der Waals surface area contributed by atoms with E-state index >= 15 is 9.59 Å². The van der Waals surface area contributed by atoms with E-state index in [0.29, 0.717) is 25.7 Å². The van der Waals surface area contributed by atoms with Crippen LogP contribution in [-0.4, -0.2) is 23.1 Å². The second-order valence-electron chi connectivity index (χ2n) is 14.3. The molecule has 0 amide bonds. The summed E-state index contributed by atoms with van der Waals surface area (Å²) in [7, 11) is 0. The van der Waals surface area contributed by atoms with Crippen molar-refractivity contribution in [1.29, 1.82) is 0 Å². The zero-order valence-electron chi connectivity index (χ0n) is 27.3. The molecular formula is C36H54O4. The molecule has 0 aliphatic heterocycles. The number of carbonyl (C=O) groups excluding carboxylic acids is 4. The molecule has 2 rings (SSSR count). The van der Waals surface area contributed by atoms with Gasteiger partial charge < -0.3 is 0 Å². The Morgan fingerprint density at radius 2 is 1.25 bits per heavy atom. The predicted octanol–water partition coefficient (Wildman–Crippen LogP) is 8.75. The van der Waals surface area contributed by atoms with Gasteiger partial charge in [0.25, 0.3) is 0 Å². The Morgan fingerprint density at radius 1 is 0.750 bits per heavy atom. The summed E-state index contributed by atoms with van der Waals surface area (Å²) < 4.78 is 0. The summed E-state index contributed by atoms with van der Waals surface area (Å²) in [6.45, 7) is 23.2. The lowest BCUT2D eigenvalue weighted by atomic mass is 9.34. The molecule has 0 N–H and O–H groups in total. The van der Waals surface area contributed by atoms with Crippen molar-refractivity contribution in [2.24, 2.45) is 33.5 Å². The topological polar surface area (TPSA) is 68.3 Å². The summed E-state index contributed by atoms with van der Waals surface area (Å²) in [6, 6.07) is 0. The monoisotopic (exact) mass is 550 g/mol. The van der Waals surface area contributed by atoms with Gasteiger partial charge in [-0.05, 0) is 112 Å². The molecule has 1 unspecified atom stereocenters. The fraction of sp³-hybridized carbons (Fsp3) is 0.667. The normalized spacial score (nSPS) is 31.5. The molecule has 0 heterocycles. The Balaban J connectivity index is 3.12. The van der Waals surface area contributed by atoms with Gasteiger partial charge >= 0.3 is 0 Å². The molecule has 40 heavy (non-hydrogen) atoms. The largest absolute Gasteiger partial charge is 0.298 e. The van der Waals surface area contributed by atoms with E-state index in [1.807, 2.05) is 74.5 Å². The number of rotatable bonds is 11. The second-order valence-corrected chi connectivity index (χ2v) is 14.3. The van der Waals surface area contributed by atoms with Gasteiger partial charge in [0.15, 0.2) is 28.5 Å². The lowest BCUT2D eigenvalue weighted by Gasteiger charge is -2.64. The third-order valence-corrected chi connectivity index (χ3v) is 9.60. The maximum Gasteiger partial charge on any atom is 0.168 e. The van der Waals surface area contributed by atoms with Crippen LogP contribution in [0.1, 0.15) is 122 Å². The van der Waals surface area contributed by atoms with Gasteiger partial charge in [0, 0.05) is 5.92 Å². The van der Waals surface area contributed by atoms with Crippen molar-refractivity contribution in [3.8, 4) is 0 Å². The molecular weight excluding hydrogens is 496 g/mol. The molecule has 0 radical (unpaired) electrons. The molecule has 0 saturated heterocycles. The first-order chi connectivity index (χ1) is 18.3. The molecule has 0 aromatic heterocycles. The number of fused-ring (bicyclic) bond motifs is 2. The van der Waals surface area contributed by atoms with E-state index in [1.165, 1.54) is 0 Å². The van der Waals surface area contributed by atoms with Gasteiger partial charge in [-0.2, -0.15) is 0 Å². The first-order valence-corrected chi connectivity index (χ1v) is 15.1. The quantitative estimate of drug-likeness (QED) is 0.190. The molecule has 0 aromatic carbocycles. The van der Waals surface area contributed by atoms with E-state index in [9.17, 15) is 9.59 Å². The summed E-state index contributed by atoms with van der Waals surface area (Å²) in [5.74, 6) is -2.23. The number of Topliss-reactive ketones (excluding diaryl/α,β-unsaturated/α-hetero) is 4. The van der Waals surface area contributed by atoms with Crippen LogP contribution < -0.4 is 0 Å².